The third kappa shape index (κ3) is 4.36. The van der Waals surface area contributed by atoms with Gasteiger partial charge in [-0.1, -0.05) is 12.1 Å². The molecule has 1 N–H and O–H groups in total. The van der Waals surface area contributed by atoms with Gasteiger partial charge in [-0.25, -0.2) is 0 Å². The summed E-state index contributed by atoms with van der Waals surface area (Å²) >= 11 is 0. The van der Waals surface area contributed by atoms with E-state index in [0.717, 1.165) is 13.1 Å². The van der Waals surface area contributed by atoms with Crippen LogP contribution in [0.25, 0.3) is 0 Å². The predicted octanol–water partition coefficient (Wildman–Crippen LogP) is 2.03. The Labute approximate surface area is 147 Å². The predicted molar refractivity (Wildman–Crippen MR) is 92.4 cm³/mol. The maximum atomic E-state index is 12.6. The molecular weight excluding hydrogens is 320 g/mol. The van der Waals surface area contributed by atoms with Crippen molar-refractivity contribution in [1.82, 2.24) is 20.4 Å². The summed E-state index contributed by atoms with van der Waals surface area (Å²) in [7, 11) is 0. The largest absolute Gasteiger partial charge is 0.485 e. The Morgan fingerprint density at radius 1 is 1.28 bits per heavy atom. The molecule has 1 aromatic carbocycles. The molecule has 2 heterocycles. The van der Waals surface area contributed by atoms with E-state index in [0.29, 0.717) is 41.5 Å². The zero-order chi connectivity index (χ0) is 17.8. The van der Waals surface area contributed by atoms with Crippen LogP contribution in [0.5, 0.6) is 5.75 Å². The molecule has 0 unspecified atom stereocenters. The molecule has 7 nitrogen and oxygen atoms in total. The van der Waals surface area contributed by atoms with Gasteiger partial charge in [-0.05, 0) is 38.1 Å². The van der Waals surface area contributed by atoms with Crippen molar-refractivity contribution < 1.29 is 14.1 Å². The molecule has 2 aromatic rings. The molecule has 1 amide bonds. The first kappa shape index (κ1) is 17.4. The number of carbonyl (C=O) groups excluding carboxylic acids is 1. The summed E-state index contributed by atoms with van der Waals surface area (Å²) in [5.74, 6) is 1.83. The number of benzene rings is 1. The minimum atomic E-state index is 0.0532. The van der Waals surface area contributed by atoms with Crippen LogP contribution in [-0.4, -0.2) is 46.1 Å². The molecular formula is C18H24N4O3. The second kappa shape index (κ2) is 7.65. The van der Waals surface area contributed by atoms with Crippen molar-refractivity contribution in [1.29, 1.82) is 0 Å². The van der Waals surface area contributed by atoms with Crippen molar-refractivity contribution in [3.63, 3.8) is 0 Å². The fourth-order valence-corrected chi connectivity index (χ4v) is 3.01. The van der Waals surface area contributed by atoms with Crippen LogP contribution in [-0.2, 0) is 13.0 Å². The molecule has 3 rings (SSSR count). The van der Waals surface area contributed by atoms with Crippen LogP contribution in [0.15, 0.2) is 28.8 Å². The number of ether oxygens (including phenoxy) is 1. The Hall–Kier alpha value is -2.41. The summed E-state index contributed by atoms with van der Waals surface area (Å²) in [6, 6.07) is 7.79. The van der Waals surface area contributed by atoms with Gasteiger partial charge in [0.25, 0.3) is 5.91 Å². The van der Waals surface area contributed by atoms with Gasteiger partial charge in [0.1, 0.15) is 5.75 Å². The molecule has 0 radical (unpaired) electrons. The molecule has 0 saturated carbocycles. The Kier molecular flexibility index (Phi) is 5.33. The molecule has 1 aromatic heterocycles. The van der Waals surface area contributed by atoms with Crippen molar-refractivity contribution in [2.75, 3.05) is 13.1 Å². The van der Waals surface area contributed by atoms with Crippen molar-refractivity contribution in [2.45, 2.75) is 45.9 Å². The number of carbonyl (C=O) groups is 1. The number of nitrogens with one attached hydrogen (secondary N) is 1. The lowest BCUT2D eigenvalue weighted by Gasteiger charge is -2.36. The number of amides is 1. The zero-order valence-electron chi connectivity index (χ0n) is 14.9. The summed E-state index contributed by atoms with van der Waals surface area (Å²) in [6.07, 6.45) is 0.701. The molecule has 1 aliphatic heterocycles. The van der Waals surface area contributed by atoms with Gasteiger partial charge in [0.2, 0.25) is 11.7 Å². The van der Waals surface area contributed by atoms with Gasteiger partial charge < -0.3 is 19.5 Å². The Balaban J connectivity index is 1.58. The number of hydrogen-bond donors (Lipinski definition) is 1. The minimum Gasteiger partial charge on any atom is -0.485 e. The number of rotatable bonds is 5. The van der Waals surface area contributed by atoms with E-state index in [-0.39, 0.29) is 12.5 Å². The van der Waals surface area contributed by atoms with Crippen molar-refractivity contribution >= 4 is 5.91 Å². The molecule has 1 aliphatic rings. The summed E-state index contributed by atoms with van der Waals surface area (Å²) in [6.45, 7) is 7.82. The lowest BCUT2D eigenvalue weighted by molar-refractivity contribution is 0.0673. The molecule has 0 aliphatic carbocycles. The Morgan fingerprint density at radius 2 is 1.96 bits per heavy atom. The second-order valence-electron chi connectivity index (χ2n) is 6.45. The van der Waals surface area contributed by atoms with Gasteiger partial charge in [0.05, 0.1) is 0 Å². The van der Waals surface area contributed by atoms with Crippen LogP contribution in [0.1, 0.15) is 42.8 Å². The van der Waals surface area contributed by atoms with Crippen LogP contribution < -0.4 is 10.1 Å². The molecule has 25 heavy (non-hydrogen) atoms. The smallest absolute Gasteiger partial charge is 0.253 e. The Morgan fingerprint density at radius 3 is 2.56 bits per heavy atom. The highest BCUT2D eigenvalue weighted by atomic mass is 16.5. The maximum absolute atomic E-state index is 12.6. The van der Waals surface area contributed by atoms with Gasteiger partial charge in [-0.3, -0.25) is 4.79 Å². The van der Waals surface area contributed by atoms with E-state index in [1.54, 1.807) is 24.3 Å². The third-order valence-corrected chi connectivity index (χ3v) is 4.13. The summed E-state index contributed by atoms with van der Waals surface area (Å²) in [4.78, 5) is 18.7. The van der Waals surface area contributed by atoms with E-state index in [1.807, 2.05) is 11.8 Å². The standard InChI is InChI=1S/C18H24N4O3/c1-4-17-20-16(21-25-17)11-24-15-7-5-14(6-8-15)18(23)22-9-12(2)19-13(3)10-22/h5-8,12-13,19H,4,9-11H2,1-3H3/t12-,13+. The highest BCUT2D eigenvalue weighted by molar-refractivity contribution is 5.94. The topological polar surface area (TPSA) is 80.5 Å². The second-order valence-corrected chi connectivity index (χ2v) is 6.45. The third-order valence-electron chi connectivity index (χ3n) is 4.13. The fourth-order valence-electron chi connectivity index (χ4n) is 3.01. The summed E-state index contributed by atoms with van der Waals surface area (Å²) in [5, 5.41) is 7.27. The number of aryl methyl sites for hydroxylation is 1. The SMILES string of the molecule is CCc1nc(COc2ccc(C(=O)N3C[C@@H](C)N[C@@H](C)C3)cc2)no1. The van der Waals surface area contributed by atoms with Gasteiger partial charge in [-0.2, -0.15) is 4.98 Å². The van der Waals surface area contributed by atoms with Crippen molar-refractivity contribution in [3.05, 3.63) is 41.5 Å². The molecule has 0 bridgehead atoms. The van der Waals surface area contributed by atoms with Crippen molar-refractivity contribution in [3.8, 4) is 5.75 Å². The van der Waals surface area contributed by atoms with E-state index < -0.39 is 0 Å². The molecule has 1 fully saturated rings. The fraction of sp³-hybridized carbons (Fsp3) is 0.500. The first-order chi connectivity index (χ1) is 12.0. The van der Waals surface area contributed by atoms with Gasteiger partial charge in [0.15, 0.2) is 6.61 Å². The van der Waals surface area contributed by atoms with Gasteiger partial charge >= 0.3 is 0 Å². The van der Waals surface area contributed by atoms with E-state index in [9.17, 15) is 4.79 Å². The number of nitrogens with zero attached hydrogens (tertiary/aromatic N) is 3. The first-order valence-electron chi connectivity index (χ1n) is 8.64. The van der Waals surface area contributed by atoms with E-state index in [2.05, 4.69) is 29.3 Å². The number of hydrogen-bond acceptors (Lipinski definition) is 6. The lowest BCUT2D eigenvalue weighted by atomic mass is 10.1. The van der Waals surface area contributed by atoms with Crippen LogP contribution in [0.3, 0.4) is 0 Å². The molecule has 1 saturated heterocycles. The summed E-state index contributed by atoms with van der Waals surface area (Å²) < 4.78 is 10.7. The Bertz CT molecular complexity index is 703. The van der Waals surface area contributed by atoms with Crippen LogP contribution in [0.4, 0.5) is 0 Å². The van der Waals surface area contributed by atoms with E-state index in [1.165, 1.54) is 0 Å². The van der Waals surface area contributed by atoms with E-state index in [4.69, 9.17) is 9.26 Å². The first-order valence-corrected chi connectivity index (χ1v) is 8.64. The average Bonchev–Trinajstić information content (AvgIpc) is 3.07. The van der Waals surface area contributed by atoms with Crippen molar-refractivity contribution in [2.24, 2.45) is 0 Å². The molecule has 7 heteroatoms. The van der Waals surface area contributed by atoms with Crippen LogP contribution >= 0.6 is 0 Å². The minimum absolute atomic E-state index is 0.0532. The highest BCUT2D eigenvalue weighted by Gasteiger charge is 2.25. The highest BCUT2D eigenvalue weighted by Crippen LogP contribution is 2.16. The maximum Gasteiger partial charge on any atom is 0.253 e. The molecule has 2 atom stereocenters. The summed E-state index contributed by atoms with van der Waals surface area (Å²) in [5.41, 5.74) is 0.668. The van der Waals surface area contributed by atoms with E-state index >= 15 is 0 Å². The zero-order valence-corrected chi connectivity index (χ0v) is 14.9. The quantitative estimate of drug-likeness (QED) is 0.894. The number of piperazine rings is 1. The average molecular weight is 344 g/mol. The normalized spacial score (nSPS) is 20.5. The van der Waals surface area contributed by atoms with Crippen LogP contribution in [0, 0.1) is 0 Å². The molecule has 134 valence electrons. The lowest BCUT2D eigenvalue weighted by Crippen LogP contribution is -2.55. The number of aromatic nitrogens is 2. The monoisotopic (exact) mass is 344 g/mol. The molecule has 0 spiro atoms. The van der Waals surface area contributed by atoms with Gasteiger partial charge in [0, 0.05) is 37.2 Å². The van der Waals surface area contributed by atoms with Gasteiger partial charge in [-0.15, -0.1) is 0 Å². The van der Waals surface area contributed by atoms with Crippen LogP contribution in [0.2, 0.25) is 0 Å².